The van der Waals surface area contributed by atoms with Crippen molar-refractivity contribution in [3.8, 4) is 0 Å². The third-order valence-electron chi connectivity index (χ3n) is 3.40. The number of anilines is 1. The lowest BCUT2D eigenvalue weighted by Gasteiger charge is -2.10. The van der Waals surface area contributed by atoms with Crippen LogP contribution in [0.5, 0.6) is 0 Å². The molecule has 1 fully saturated rings. The largest absolute Gasteiger partial charge is 0.349 e. The fourth-order valence-corrected chi connectivity index (χ4v) is 3.71. The van der Waals surface area contributed by atoms with E-state index in [-0.39, 0.29) is 16.8 Å². The Kier molecular flexibility index (Phi) is 4.41. The summed E-state index contributed by atoms with van der Waals surface area (Å²) in [4.78, 5) is 12.2. The van der Waals surface area contributed by atoms with Gasteiger partial charge >= 0.3 is 0 Å². The first-order valence-corrected chi connectivity index (χ1v) is 9.41. The topological polar surface area (TPSA) is 75.3 Å². The first-order chi connectivity index (χ1) is 10.9. The number of amides is 1. The average molecular weight is 395 g/mol. The van der Waals surface area contributed by atoms with Gasteiger partial charge in [0, 0.05) is 21.8 Å². The number of hydrogen-bond donors (Lipinski definition) is 2. The van der Waals surface area contributed by atoms with E-state index >= 15 is 0 Å². The van der Waals surface area contributed by atoms with Gasteiger partial charge in [-0.1, -0.05) is 28.1 Å². The minimum Gasteiger partial charge on any atom is -0.349 e. The van der Waals surface area contributed by atoms with Gasteiger partial charge in [0.1, 0.15) is 0 Å². The molecular formula is C16H15BrN2O3S. The second-order valence-electron chi connectivity index (χ2n) is 5.39. The molecule has 120 valence electrons. The Morgan fingerprint density at radius 1 is 1.09 bits per heavy atom. The highest BCUT2D eigenvalue weighted by Crippen LogP contribution is 2.22. The molecule has 5 nitrogen and oxygen atoms in total. The van der Waals surface area contributed by atoms with Crippen molar-refractivity contribution in [1.29, 1.82) is 0 Å². The van der Waals surface area contributed by atoms with Crippen LogP contribution in [0.2, 0.25) is 0 Å². The van der Waals surface area contributed by atoms with Gasteiger partial charge in [-0.25, -0.2) is 8.42 Å². The molecule has 0 aromatic heterocycles. The number of rotatable bonds is 5. The highest BCUT2D eigenvalue weighted by molar-refractivity contribution is 9.10. The van der Waals surface area contributed by atoms with Gasteiger partial charge in [0.25, 0.3) is 15.9 Å². The van der Waals surface area contributed by atoms with Gasteiger partial charge in [0.2, 0.25) is 0 Å². The summed E-state index contributed by atoms with van der Waals surface area (Å²) in [5.74, 6) is -0.184. The van der Waals surface area contributed by atoms with Crippen LogP contribution in [-0.4, -0.2) is 20.4 Å². The van der Waals surface area contributed by atoms with Crippen molar-refractivity contribution >= 4 is 37.5 Å². The van der Waals surface area contributed by atoms with E-state index < -0.39 is 10.0 Å². The zero-order chi connectivity index (χ0) is 16.4. The number of benzene rings is 2. The van der Waals surface area contributed by atoms with Gasteiger partial charge in [-0.2, -0.15) is 0 Å². The quantitative estimate of drug-likeness (QED) is 0.817. The molecule has 0 radical (unpaired) electrons. The van der Waals surface area contributed by atoms with Crippen LogP contribution in [0.1, 0.15) is 23.2 Å². The van der Waals surface area contributed by atoms with E-state index in [4.69, 9.17) is 0 Å². The molecule has 1 amide bonds. The molecule has 3 rings (SSSR count). The Morgan fingerprint density at radius 2 is 1.83 bits per heavy atom. The maximum absolute atomic E-state index is 12.4. The molecule has 0 saturated heterocycles. The lowest BCUT2D eigenvalue weighted by atomic mass is 10.2. The number of nitrogens with one attached hydrogen (secondary N) is 2. The predicted molar refractivity (Wildman–Crippen MR) is 91.9 cm³/mol. The maximum Gasteiger partial charge on any atom is 0.261 e. The lowest BCUT2D eigenvalue weighted by molar-refractivity contribution is 0.0951. The SMILES string of the molecule is O=C(NC1CC1)c1cccc(NS(=O)(=O)c2cccc(Br)c2)c1. The molecule has 1 aliphatic carbocycles. The van der Waals surface area contributed by atoms with Crippen LogP contribution in [0.4, 0.5) is 5.69 Å². The molecule has 0 aliphatic heterocycles. The monoisotopic (exact) mass is 394 g/mol. The summed E-state index contributed by atoms with van der Waals surface area (Å²) in [7, 11) is -3.70. The third-order valence-corrected chi connectivity index (χ3v) is 5.27. The molecule has 2 N–H and O–H groups in total. The Balaban J connectivity index is 1.80. The lowest BCUT2D eigenvalue weighted by Crippen LogP contribution is -2.25. The van der Waals surface area contributed by atoms with Gasteiger partial charge < -0.3 is 5.32 Å². The summed E-state index contributed by atoms with van der Waals surface area (Å²) in [5, 5.41) is 2.88. The average Bonchev–Trinajstić information content (AvgIpc) is 3.31. The second kappa shape index (κ2) is 6.33. The molecule has 0 unspecified atom stereocenters. The minimum absolute atomic E-state index is 0.153. The van der Waals surface area contributed by atoms with Crippen molar-refractivity contribution in [3.63, 3.8) is 0 Å². The molecule has 0 atom stereocenters. The molecule has 7 heteroatoms. The molecule has 0 bridgehead atoms. The van der Waals surface area contributed by atoms with E-state index in [1.807, 2.05) is 0 Å². The van der Waals surface area contributed by atoms with Crippen LogP contribution in [0.15, 0.2) is 57.9 Å². The van der Waals surface area contributed by atoms with Crippen molar-refractivity contribution in [3.05, 3.63) is 58.6 Å². The van der Waals surface area contributed by atoms with Crippen LogP contribution in [0, 0.1) is 0 Å². The van der Waals surface area contributed by atoms with E-state index in [9.17, 15) is 13.2 Å². The summed E-state index contributed by atoms with van der Waals surface area (Å²) in [6, 6.07) is 13.2. The number of carbonyl (C=O) groups excluding carboxylic acids is 1. The van der Waals surface area contributed by atoms with Crippen LogP contribution in [0.25, 0.3) is 0 Å². The zero-order valence-corrected chi connectivity index (χ0v) is 14.5. The first kappa shape index (κ1) is 16.0. The Labute approximate surface area is 143 Å². The highest BCUT2D eigenvalue weighted by atomic mass is 79.9. The van der Waals surface area contributed by atoms with Gasteiger partial charge in [-0.05, 0) is 49.2 Å². The Hall–Kier alpha value is -1.86. The second-order valence-corrected chi connectivity index (χ2v) is 7.99. The minimum atomic E-state index is -3.70. The Morgan fingerprint density at radius 3 is 2.52 bits per heavy atom. The van der Waals surface area contributed by atoms with E-state index in [1.165, 1.54) is 18.2 Å². The smallest absolute Gasteiger partial charge is 0.261 e. The molecule has 0 heterocycles. The zero-order valence-electron chi connectivity index (χ0n) is 12.1. The predicted octanol–water partition coefficient (Wildman–Crippen LogP) is 3.14. The molecule has 1 saturated carbocycles. The van der Waals surface area contributed by atoms with Crippen molar-refractivity contribution < 1.29 is 13.2 Å². The number of halogens is 1. The van der Waals surface area contributed by atoms with Crippen molar-refractivity contribution in [2.24, 2.45) is 0 Å². The summed E-state index contributed by atoms with van der Waals surface area (Å²) >= 11 is 3.25. The summed E-state index contributed by atoms with van der Waals surface area (Å²) in [6.45, 7) is 0. The number of sulfonamides is 1. The van der Waals surface area contributed by atoms with Crippen molar-refractivity contribution in [1.82, 2.24) is 5.32 Å². The van der Waals surface area contributed by atoms with Crippen LogP contribution >= 0.6 is 15.9 Å². The number of carbonyl (C=O) groups is 1. The Bertz CT molecular complexity index is 848. The molecule has 2 aromatic carbocycles. The van der Waals surface area contributed by atoms with Crippen LogP contribution in [0.3, 0.4) is 0 Å². The maximum atomic E-state index is 12.4. The number of hydrogen-bond acceptors (Lipinski definition) is 3. The fraction of sp³-hybridized carbons (Fsp3) is 0.188. The third kappa shape index (κ3) is 4.11. The highest BCUT2D eigenvalue weighted by Gasteiger charge is 2.24. The summed E-state index contributed by atoms with van der Waals surface area (Å²) in [5.41, 5.74) is 0.791. The van der Waals surface area contributed by atoms with Gasteiger partial charge in [-0.15, -0.1) is 0 Å². The van der Waals surface area contributed by atoms with E-state index in [2.05, 4.69) is 26.0 Å². The summed E-state index contributed by atoms with van der Waals surface area (Å²) in [6.07, 6.45) is 2.00. The van der Waals surface area contributed by atoms with E-state index in [0.717, 1.165) is 12.8 Å². The molecule has 2 aromatic rings. The normalized spacial score (nSPS) is 14.3. The molecule has 23 heavy (non-hydrogen) atoms. The van der Waals surface area contributed by atoms with E-state index in [0.29, 0.717) is 15.7 Å². The van der Waals surface area contributed by atoms with Crippen LogP contribution in [-0.2, 0) is 10.0 Å². The van der Waals surface area contributed by atoms with Crippen LogP contribution < -0.4 is 10.0 Å². The van der Waals surface area contributed by atoms with Crippen molar-refractivity contribution in [2.75, 3.05) is 4.72 Å². The standard InChI is InChI=1S/C16H15BrN2O3S/c17-12-4-2-6-15(10-12)23(21,22)19-14-5-1-3-11(9-14)16(20)18-13-7-8-13/h1-6,9-10,13,19H,7-8H2,(H,18,20). The molecular weight excluding hydrogens is 380 g/mol. The fourth-order valence-electron chi connectivity index (χ4n) is 2.07. The first-order valence-electron chi connectivity index (χ1n) is 7.13. The van der Waals surface area contributed by atoms with Gasteiger partial charge in [0.15, 0.2) is 0 Å². The molecule has 1 aliphatic rings. The molecule has 0 spiro atoms. The van der Waals surface area contributed by atoms with Gasteiger partial charge in [0.05, 0.1) is 4.90 Å². The van der Waals surface area contributed by atoms with Gasteiger partial charge in [-0.3, -0.25) is 9.52 Å². The summed E-state index contributed by atoms with van der Waals surface area (Å²) < 4.78 is 28.0. The van der Waals surface area contributed by atoms with E-state index in [1.54, 1.807) is 30.3 Å². The van der Waals surface area contributed by atoms with Crippen molar-refractivity contribution in [2.45, 2.75) is 23.8 Å².